The molecule has 0 aromatic heterocycles. The molecule has 0 bridgehead atoms. The van der Waals surface area contributed by atoms with E-state index in [1.165, 1.54) is 12.1 Å². The standard InChI is InChI=1S/C27H29NO8/c1-4-14(29)7-5-12-6-8-17(30)20-15(12)9-13-10-16-18(11(2)3)22(31)21(26(28)35)25(34)27(16,36)24(33)19(13)23(20)32/h5-8,11,13,16,18,30,32,34,36H,4,9-10H2,1-3H3,(H2,28,35)/b7-5+/t13-,16-,18-,27-/m0/s1. The third-order valence-corrected chi connectivity index (χ3v) is 7.69. The first-order chi connectivity index (χ1) is 16.9. The van der Waals surface area contributed by atoms with E-state index in [4.69, 9.17) is 5.73 Å². The largest absolute Gasteiger partial charge is 0.508 e. The number of phenolic OH excluding ortho intramolecular Hbond substituents is 1. The first kappa shape index (κ1) is 25.4. The van der Waals surface area contributed by atoms with Crippen molar-refractivity contribution in [1.82, 2.24) is 0 Å². The van der Waals surface area contributed by atoms with Crippen LogP contribution in [0.1, 0.15) is 50.3 Å². The molecule has 1 aromatic carbocycles. The van der Waals surface area contributed by atoms with Crippen molar-refractivity contribution < 1.29 is 39.6 Å². The number of carbonyl (C=O) groups is 4. The number of benzene rings is 1. The number of phenols is 1. The molecule has 3 aliphatic rings. The lowest BCUT2D eigenvalue weighted by atomic mass is 9.54. The molecule has 4 rings (SSSR count). The molecule has 1 amide bonds. The van der Waals surface area contributed by atoms with E-state index in [2.05, 4.69) is 0 Å². The summed E-state index contributed by atoms with van der Waals surface area (Å²) in [7, 11) is 0. The molecule has 0 radical (unpaired) electrons. The number of ketones is 3. The average molecular weight is 496 g/mol. The number of nitrogens with two attached hydrogens (primary N) is 1. The Hall–Kier alpha value is -3.72. The maximum Gasteiger partial charge on any atom is 0.255 e. The lowest BCUT2D eigenvalue weighted by Gasteiger charge is -2.50. The molecule has 6 N–H and O–H groups in total. The summed E-state index contributed by atoms with van der Waals surface area (Å²) >= 11 is 0. The fourth-order valence-electron chi connectivity index (χ4n) is 5.97. The Bertz CT molecular complexity index is 1300. The van der Waals surface area contributed by atoms with Gasteiger partial charge in [0.05, 0.1) is 5.56 Å². The van der Waals surface area contributed by atoms with Crippen LogP contribution in [0.25, 0.3) is 11.8 Å². The van der Waals surface area contributed by atoms with E-state index in [1.807, 2.05) is 0 Å². The molecule has 9 heteroatoms. The Kier molecular flexibility index (Phi) is 6.16. The normalized spacial score (nSPS) is 27.9. The molecule has 1 saturated carbocycles. The lowest BCUT2D eigenvalue weighted by Crippen LogP contribution is -2.62. The van der Waals surface area contributed by atoms with Gasteiger partial charge in [0.2, 0.25) is 5.78 Å². The minimum absolute atomic E-state index is 0.00589. The van der Waals surface area contributed by atoms with Crippen LogP contribution in [-0.4, -0.2) is 49.3 Å². The molecule has 9 nitrogen and oxygen atoms in total. The summed E-state index contributed by atoms with van der Waals surface area (Å²) in [6.45, 7) is 5.14. The van der Waals surface area contributed by atoms with E-state index in [-0.39, 0.29) is 35.5 Å². The van der Waals surface area contributed by atoms with Crippen LogP contribution in [0.5, 0.6) is 5.75 Å². The summed E-state index contributed by atoms with van der Waals surface area (Å²) in [4.78, 5) is 50.8. The topological polar surface area (TPSA) is 175 Å². The summed E-state index contributed by atoms with van der Waals surface area (Å²) < 4.78 is 0. The van der Waals surface area contributed by atoms with Crippen LogP contribution >= 0.6 is 0 Å². The van der Waals surface area contributed by atoms with Gasteiger partial charge in [0, 0.05) is 23.8 Å². The highest BCUT2D eigenvalue weighted by atomic mass is 16.3. The zero-order chi connectivity index (χ0) is 26.7. The molecule has 4 atom stereocenters. The van der Waals surface area contributed by atoms with E-state index in [0.29, 0.717) is 17.5 Å². The van der Waals surface area contributed by atoms with E-state index < -0.39 is 63.8 Å². The van der Waals surface area contributed by atoms with Crippen molar-refractivity contribution in [3.8, 4) is 5.75 Å². The molecule has 1 aromatic rings. The zero-order valence-electron chi connectivity index (χ0n) is 20.2. The highest BCUT2D eigenvalue weighted by Crippen LogP contribution is 2.54. The van der Waals surface area contributed by atoms with Gasteiger partial charge < -0.3 is 26.2 Å². The maximum atomic E-state index is 13.8. The van der Waals surface area contributed by atoms with Gasteiger partial charge in [-0.25, -0.2) is 0 Å². The number of amides is 1. The summed E-state index contributed by atoms with van der Waals surface area (Å²) in [6.07, 6.45) is 3.50. The number of fused-ring (bicyclic) bond motifs is 3. The molecule has 0 aliphatic heterocycles. The minimum atomic E-state index is -2.63. The second kappa shape index (κ2) is 8.74. The average Bonchev–Trinajstić information content (AvgIpc) is 2.80. The summed E-state index contributed by atoms with van der Waals surface area (Å²) in [5.41, 5.74) is 2.76. The third kappa shape index (κ3) is 3.49. The number of primary amides is 1. The maximum absolute atomic E-state index is 13.8. The summed E-state index contributed by atoms with van der Waals surface area (Å²) in [5.74, 6) is -8.19. The number of rotatable bonds is 5. The van der Waals surface area contributed by atoms with Gasteiger partial charge in [-0.15, -0.1) is 0 Å². The van der Waals surface area contributed by atoms with Crippen LogP contribution in [0.15, 0.2) is 35.1 Å². The second-order valence-electron chi connectivity index (χ2n) is 10.0. The van der Waals surface area contributed by atoms with Crippen molar-refractivity contribution in [2.75, 3.05) is 0 Å². The van der Waals surface area contributed by atoms with Crippen molar-refractivity contribution in [3.63, 3.8) is 0 Å². The predicted molar refractivity (Wildman–Crippen MR) is 129 cm³/mol. The Labute approximate surface area is 207 Å². The van der Waals surface area contributed by atoms with Crippen LogP contribution in [0.3, 0.4) is 0 Å². The quantitative estimate of drug-likeness (QED) is 0.305. The van der Waals surface area contributed by atoms with E-state index in [1.54, 1.807) is 32.9 Å². The number of aromatic hydroxyl groups is 1. The van der Waals surface area contributed by atoms with Gasteiger partial charge in [-0.2, -0.15) is 0 Å². The summed E-state index contributed by atoms with van der Waals surface area (Å²) in [6, 6.07) is 2.93. The minimum Gasteiger partial charge on any atom is -0.508 e. The lowest BCUT2D eigenvalue weighted by molar-refractivity contribution is -0.155. The fourth-order valence-corrected chi connectivity index (χ4v) is 5.97. The van der Waals surface area contributed by atoms with Crippen molar-refractivity contribution in [2.24, 2.45) is 29.4 Å². The molecule has 0 saturated heterocycles. The molecular weight excluding hydrogens is 466 g/mol. The number of Topliss-reactive ketones (excluding diaryl/α,β-unsaturated/α-hetero) is 2. The third-order valence-electron chi connectivity index (χ3n) is 7.69. The van der Waals surface area contributed by atoms with Gasteiger partial charge in [0.25, 0.3) is 5.91 Å². The molecular formula is C27H29NO8. The second-order valence-corrected chi connectivity index (χ2v) is 10.0. The Balaban J connectivity index is 1.94. The molecule has 0 heterocycles. The summed E-state index contributed by atoms with van der Waals surface area (Å²) in [5, 5.41) is 44.2. The van der Waals surface area contributed by atoms with Crippen LogP contribution in [0, 0.1) is 23.7 Å². The Morgan fingerprint density at radius 2 is 1.86 bits per heavy atom. The molecule has 36 heavy (non-hydrogen) atoms. The van der Waals surface area contributed by atoms with Gasteiger partial charge >= 0.3 is 0 Å². The number of hydrogen-bond acceptors (Lipinski definition) is 8. The highest BCUT2D eigenvalue weighted by Gasteiger charge is 2.64. The molecule has 1 fully saturated rings. The predicted octanol–water partition coefficient (Wildman–Crippen LogP) is 2.30. The van der Waals surface area contributed by atoms with Crippen molar-refractivity contribution in [2.45, 2.75) is 45.6 Å². The van der Waals surface area contributed by atoms with Gasteiger partial charge in [-0.3, -0.25) is 19.2 Å². The monoisotopic (exact) mass is 495 g/mol. The van der Waals surface area contributed by atoms with Crippen LogP contribution in [0.2, 0.25) is 0 Å². The van der Waals surface area contributed by atoms with Crippen LogP contribution in [0.4, 0.5) is 0 Å². The fraction of sp³-hybridized carbons (Fsp3) is 0.407. The van der Waals surface area contributed by atoms with Crippen molar-refractivity contribution >= 4 is 35.1 Å². The first-order valence-electron chi connectivity index (χ1n) is 11.9. The van der Waals surface area contributed by atoms with Crippen molar-refractivity contribution in [3.05, 3.63) is 51.8 Å². The number of carbonyl (C=O) groups excluding carboxylic acids is 4. The zero-order valence-corrected chi connectivity index (χ0v) is 20.2. The van der Waals surface area contributed by atoms with Crippen molar-refractivity contribution in [1.29, 1.82) is 0 Å². The van der Waals surface area contributed by atoms with Crippen LogP contribution in [-0.2, 0) is 25.6 Å². The number of allylic oxidation sites excluding steroid dienone is 1. The van der Waals surface area contributed by atoms with E-state index in [0.717, 1.165) is 0 Å². The molecule has 0 spiro atoms. The SMILES string of the molecule is CCC(=O)/C=C/c1ccc(O)c2c1C[C@H]1C[C@H]3[C@H](C(C)C)C(=O)C(C(N)=O)=C(O)[C@@]3(O)C(=O)C1=C2O. The highest BCUT2D eigenvalue weighted by molar-refractivity contribution is 6.23. The number of hydrogen-bond donors (Lipinski definition) is 5. The van der Waals surface area contributed by atoms with Gasteiger partial charge in [0.15, 0.2) is 17.2 Å². The van der Waals surface area contributed by atoms with Gasteiger partial charge in [0.1, 0.15) is 22.8 Å². The van der Waals surface area contributed by atoms with Gasteiger partial charge in [-0.1, -0.05) is 32.9 Å². The Morgan fingerprint density at radius 3 is 2.44 bits per heavy atom. The first-order valence-corrected chi connectivity index (χ1v) is 11.9. The van der Waals surface area contributed by atoms with E-state index >= 15 is 0 Å². The molecule has 3 aliphatic carbocycles. The molecule has 190 valence electrons. The number of aliphatic hydroxyl groups is 3. The van der Waals surface area contributed by atoms with Crippen LogP contribution < -0.4 is 5.73 Å². The Morgan fingerprint density at radius 1 is 1.19 bits per heavy atom. The van der Waals surface area contributed by atoms with E-state index in [9.17, 15) is 39.6 Å². The smallest absolute Gasteiger partial charge is 0.255 e. The van der Waals surface area contributed by atoms with Gasteiger partial charge in [-0.05, 0) is 47.9 Å². The molecule has 0 unspecified atom stereocenters. The number of aliphatic hydroxyl groups excluding tert-OH is 2.